The van der Waals surface area contributed by atoms with Crippen molar-refractivity contribution in [1.82, 2.24) is 0 Å². The third kappa shape index (κ3) is 3.40. The molecule has 2 heteroatoms. The molecule has 1 rings (SSSR count). The Kier molecular flexibility index (Phi) is 3.87. The molecule has 72 valence electrons. The Bertz CT molecular complexity index is 361. The Hall–Kier alpha value is -1.62. The van der Waals surface area contributed by atoms with Crippen molar-refractivity contribution in [3.05, 3.63) is 29.8 Å². The molecule has 1 aromatic carbocycles. The second-order valence-electron chi connectivity index (χ2n) is 3.42. The summed E-state index contributed by atoms with van der Waals surface area (Å²) in [6.07, 6.45) is 2.52. The van der Waals surface area contributed by atoms with Gasteiger partial charge in [0.25, 0.3) is 0 Å². The predicted molar refractivity (Wildman–Crippen MR) is 58.7 cm³/mol. The lowest BCUT2D eigenvalue weighted by Crippen LogP contribution is -1.89. The first kappa shape index (κ1) is 10.5. The van der Waals surface area contributed by atoms with Crippen LogP contribution in [0.25, 0.3) is 0 Å². The Morgan fingerprint density at radius 2 is 2.36 bits per heavy atom. The Morgan fingerprint density at radius 1 is 1.57 bits per heavy atom. The molecule has 1 aromatic rings. The topological polar surface area (TPSA) is 36.1 Å². The standard InChI is InChI=1S/C12H14N2/c1-10-4-3-5-12(8-10)14-7-6-11(2)9-13/h3-5,7-8,11H,6H2,1-2H3/b14-7-. The maximum Gasteiger partial charge on any atom is 0.0656 e. The summed E-state index contributed by atoms with van der Waals surface area (Å²) in [6.45, 7) is 3.93. The number of hydrogen-bond acceptors (Lipinski definition) is 2. The molecule has 0 heterocycles. The second kappa shape index (κ2) is 5.18. The van der Waals surface area contributed by atoms with Gasteiger partial charge in [-0.3, -0.25) is 4.99 Å². The summed E-state index contributed by atoms with van der Waals surface area (Å²) in [6, 6.07) is 10.2. The summed E-state index contributed by atoms with van der Waals surface area (Å²) in [4.78, 5) is 4.28. The van der Waals surface area contributed by atoms with Gasteiger partial charge in [-0.2, -0.15) is 5.26 Å². The molecule has 0 aromatic heterocycles. The van der Waals surface area contributed by atoms with Crippen LogP contribution in [0, 0.1) is 24.2 Å². The molecule has 2 nitrogen and oxygen atoms in total. The average Bonchev–Trinajstić information content (AvgIpc) is 2.17. The molecular formula is C12H14N2. The molecule has 0 saturated heterocycles. The lowest BCUT2D eigenvalue weighted by Gasteiger charge is -1.96. The fraction of sp³-hybridized carbons (Fsp3) is 0.333. The van der Waals surface area contributed by atoms with Gasteiger partial charge >= 0.3 is 0 Å². The molecule has 0 amide bonds. The molecule has 14 heavy (non-hydrogen) atoms. The van der Waals surface area contributed by atoms with Crippen LogP contribution in [-0.2, 0) is 0 Å². The molecular weight excluding hydrogens is 172 g/mol. The van der Waals surface area contributed by atoms with E-state index in [2.05, 4.69) is 11.1 Å². The van der Waals surface area contributed by atoms with Crippen LogP contribution in [0.2, 0.25) is 0 Å². The van der Waals surface area contributed by atoms with E-state index in [1.807, 2.05) is 44.3 Å². The summed E-state index contributed by atoms with van der Waals surface area (Å²) < 4.78 is 0. The van der Waals surface area contributed by atoms with Gasteiger partial charge in [0.1, 0.15) is 0 Å². The number of hydrogen-bond donors (Lipinski definition) is 0. The number of nitrogens with zero attached hydrogens (tertiary/aromatic N) is 2. The molecule has 0 spiro atoms. The normalized spacial score (nSPS) is 12.6. The molecule has 0 saturated carbocycles. The number of benzene rings is 1. The summed E-state index contributed by atoms with van der Waals surface area (Å²) >= 11 is 0. The van der Waals surface area contributed by atoms with Gasteiger partial charge in [-0.15, -0.1) is 0 Å². The number of rotatable bonds is 3. The highest BCUT2D eigenvalue weighted by molar-refractivity contribution is 5.63. The Labute approximate surface area is 84.9 Å². The van der Waals surface area contributed by atoms with E-state index < -0.39 is 0 Å². The van der Waals surface area contributed by atoms with Crippen molar-refractivity contribution in [2.75, 3.05) is 0 Å². The highest BCUT2D eigenvalue weighted by Gasteiger charge is 1.94. The van der Waals surface area contributed by atoms with Crippen LogP contribution in [0.1, 0.15) is 18.9 Å². The maximum atomic E-state index is 8.56. The van der Waals surface area contributed by atoms with Gasteiger partial charge in [-0.25, -0.2) is 0 Å². The minimum atomic E-state index is 0.0450. The highest BCUT2D eigenvalue weighted by atomic mass is 14.7. The van der Waals surface area contributed by atoms with Crippen LogP contribution in [-0.4, -0.2) is 6.21 Å². The van der Waals surface area contributed by atoms with Crippen molar-refractivity contribution < 1.29 is 0 Å². The number of aliphatic imine (C=N–C) groups is 1. The lowest BCUT2D eigenvalue weighted by atomic mass is 10.1. The largest absolute Gasteiger partial charge is 0.261 e. The van der Waals surface area contributed by atoms with E-state index in [1.54, 1.807) is 0 Å². The molecule has 1 atom stereocenters. The first-order valence-corrected chi connectivity index (χ1v) is 4.71. The van der Waals surface area contributed by atoms with Crippen LogP contribution in [0.3, 0.4) is 0 Å². The SMILES string of the molecule is Cc1cccc(/N=C\CC(C)C#N)c1. The van der Waals surface area contributed by atoms with E-state index in [0.717, 1.165) is 5.69 Å². The first-order chi connectivity index (χ1) is 6.72. The summed E-state index contributed by atoms with van der Waals surface area (Å²) in [7, 11) is 0. The third-order valence-electron chi connectivity index (χ3n) is 1.92. The predicted octanol–water partition coefficient (Wildman–Crippen LogP) is 3.25. The monoisotopic (exact) mass is 186 g/mol. The number of nitriles is 1. The molecule has 0 fully saturated rings. The molecule has 0 aliphatic rings. The molecule has 1 unspecified atom stereocenters. The van der Waals surface area contributed by atoms with Crippen molar-refractivity contribution >= 4 is 11.9 Å². The zero-order valence-corrected chi connectivity index (χ0v) is 8.57. The van der Waals surface area contributed by atoms with Gasteiger partial charge in [0.05, 0.1) is 11.8 Å². The molecule has 0 radical (unpaired) electrons. The molecule has 0 aliphatic carbocycles. The second-order valence-corrected chi connectivity index (χ2v) is 3.42. The van der Waals surface area contributed by atoms with E-state index in [9.17, 15) is 0 Å². The van der Waals surface area contributed by atoms with E-state index in [0.29, 0.717) is 6.42 Å². The average molecular weight is 186 g/mol. The van der Waals surface area contributed by atoms with Gasteiger partial charge in [-0.05, 0) is 38.0 Å². The zero-order valence-electron chi connectivity index (χ0n) is 8.57. The Morgan fingerprint density at radius 3 is 3.00 bits per heavy atom. The summed E-state index contributed by atoms with van der Waals surface area (Å²) in [5.74, 6) is 0.0450. The lowest BCUT2D eigenvalue weighted by molar-refractivity contribution is 0.794. The number of aryl methyl sites for hydroxylation is 1. The molecule has 0 bridgehead atoms. The van der Waals surface area contributed by atoms with Gasteiger partial charge < -0.3 is 0 Å². The van der Waals surface area contributed by atoms with Crippen LogP contribution >= 0.6 is 0 Å². The van der Waals surface area contributed by atoms with Crippen molar-refractivity contribution in [2.45, 2.75) is 20.3 Å². The van der Waals surface area contributed by atoms with Crippen molar-refractivity contribution in [3.8, 4) is 6.07 Å². The molecule has 0 N–H and O–H groups in total. The Balaban J connectivity index is 2.57. The first-order valence-electron chi connectivity index (χ1n) is 4.71. The van der Waals surface area contributed by atoms with E-state index >= 15 is 0 Å². The summed E-state index contributed by atoms with van der Waals surface area (Å²) in [5.41, 5.74) is 2.16. The highest BCUT2D eigenvalue weighted by Crippen LogP contribution is 2.13. The van der Waals surface area contributed by atoms with Crippen LogP contribution < -0.4 is 0 Å². The van der Waals surface area contributed by atoms with Gasteiger partial charge in [0, 0.05) is 12.1 Å². The van der Waals surface area contributed by atoms with Gasteiger partial charge in [0.15, 0.2) is 0 Å². The summed E-state index contributed by atoms with van der Waals surface area (Å²) in [5, 5.41) is 8.56. The fourth-order valence-electron chi connectivity index (χ4n) is 1.08. The van der Waals surface area contributed by atoms with Crippen LogP contribution in [0.4, 0.5) is 5.69 Å². The van der Waals surface area contributed by atoms with Crippen LogP contribution in [0.15, 0.2) is 29.3 Å². The van der Waals surface area contributed by atoms with Gasteiger partial charge in [-0.1, -0.05) is 12.1 Å². The molecule has 0 aliphatic heterocycles. The fourth-order valence-corrected chi connectivity index (χ4v) is 1.08. The van der Waals surface area contributed by atoms with Crippen molar-refractivity contribution in [1.29, 1.82) is 5.26 Å². The zero-order chi connectivity index (χ0) is 10.4. The maximum absolute atomic E-state index is 8.56. The van der Waals surface area contributed by atoms with E-state index in [4.69, 9.17) is 5.26 Å². The minimum absolute atomic E-state index is 0.0450. The van der Waals surface area contributed by atoms with Gasteiger partial charge in [0.2, 0.25) is 0 Å². The van der Waals surface area contributed by atoms with E-state index in [1.165, 1.54) is 5.56 Å². The minimum Gasteiger partial charge on any atom is -0.261 e. The third-order valence-corrected chi connectivity index (χ3v) is 1.92. The van der Waals surface area contributed by atoms with Crippen molar-refractivity contribution in [2.24, 2.45) is 10.9 Å². The van der Waals surface area contributed by atoms with Crippen molar-refractivity contribution in [3.63, 3.8) is 0 Å². The smallest absolute Gasteiger partial charge is 0.0656 e. The quantitative estimate of drug-likeness (QED) is 0.667. The van der Waals surface area contributed by atoms with Crippen LogP contribution in [0.5, 0.6) is 0 Å². The van der Waals surface area contributed by atoms with E-state index in [-0.39, 0.29) is 5.92 Å².